The first-order valence-electron chi connectivity index (χ1n) is 9.41. The van der Waals surface area contributed by atoms with E-state index in [0.717, 1.165) is 32.5 Å². The molecule has 1 fully saturated rings. The van der Waals surface area contributed by atoms with Crippen LogP contribution in [0.5, 0.6) is 0 Å². The lowest BCUT2D eigenvalue weighted by molar-refractivity contribution is -0.117. The molecule has 1 aromatic carbocycles. The number of hydrogen-bond acceptors (Lipinski definition) is 5. The highest BCUT2D eigenvalue weighted by molar-refractivity contribution is 5.94. The minimum atomic E-state index is -0.353. The number of nitrogens with one attached hydrogen (secondary N) is 1. The molecule has 27 heavy (non-hydrogen) atoms. The van der Waals surface area contributed by atoms with Crippen LogP contribution in [0.3, 0.4) is 0 Å². The van der Waals surface area contributed by atoms with Crippen molar-refractivity contribution in [2.24, 2.45) is 5.92 Å². The van der Waals surface area contributed by atoms with Crippen LogP contribution in [0.1, 0.15) is 30.1 Å². The van der Waals surface area contributed by atoms with Gasteiger partial charge in [0, 0.05) is 24.6 Å². The first-order chi connectivity index (χ1) is 13.1. The number of hydrogen-bond donors (Lipinski definition) is 1. The lowest BCUT2D eigenvalue weighted by Crippen LogP contribution is -2.40. The number of carbonyl (C=O) groups is 2. The van der Waals surface area contributed by atoms with E-state index in [1.807, 2.05) is 16.9 Å². The summed E-state index contributed by atoms with van der Waals surface area (Å²) in [5, 5.41) is 7.15. The third-order valence-corrected chi connectivity index (χ3v) is 4.76. The average Bonchev–Trinajstić information content (AvgIpc) is 3.17. The molecule has 1 aliphatic heterocycles. The minimum absolute atomic E-state index is 0.0376. The van der Waals surface area contributed by atoms with Crippen LogP contribution in [0.15, 0.2) is 42.7 Å². The summed E-state index contributed by atoms with van der Waals surface area (Å²) in [7, 11) is 0. The van der Waals surface area contributed by atoms with Gasteiger partial charge in [0.05, 0.1) is 18.7 Å². The van der Waals surface area contributed by atoms with Crippen LogP contribution in [0.2, 0.25) is 0 Å². The second kappa shape index (κ2) is 9.32. The summed E-state index contributed by atoms with van der Waals surface area (Å²) >= 11 is 0. The Kier molecular flexibility index (Phi) is 6.59. The van der Waals surface area contributed by atoms with Crippen molar-refractivity contribution in [3.8, 4) is 0 Å². The van der Waals surface area contributed by atoms with E-state index < -0.39 is 0 Å². The molecule has 2 heterocycles. The summed E-state index contributed by atoms with van der Waals surface area (Å²) in [6, 6.07) is 8.71. The van der Waals surface area contributed by atoms with Crippen molar-refractivity contribution in [2.75, 3.05) is 31.6 Å². The van der Waals surface area contributed by atoms with Crippen molar-refractivity contribution in [1.29, 1.82) is 0 Å². The van der Waals surface area contributed by atoms with Gasteiger partial charge >= 0.3 is 5.97 Å². The third kappa shape index (κ3) is 5.65. The highest BCUT2D eigenvalue weighted by Gasteiger charge is 2.21. The van der Waals surface area contributed by atoms with Crippen LogP contribution < -0.4 is 5.32 Å². The van der Waals surface area contributed by atoms with Crippen LogP contribution >= 0.6 is 0 Å². The molecule has 1 N–H and O–H groups in total. The highest BCUT2D eigenvalue weighted by atomic mass is 16.5. The Morgan fingerprint density at radius 3 is 2.59 bits per heavy atom. The Labute approximate surface area is 159 Å². The maximum atomic E-state index is 12.3. The molecule has 1 amide bonds. The number of likely N-dealkylation sites (tertiary alicyclic amines) is 1. The van der Waals surface area contributed by atoms with Gasteiger partial charge in [0.25, 0.3) is 0 Å². The van der Waals surface area contributed by atoms with Crippen LogP contribution in [-0.4, -0.2) is 52.8 Å². The number of aromatic nitrogens is 2. The number of piperidine rings is 1. The molecule has 1 aliphatic rings. The lowest BCUT2D eigenvalue weighted by atomic mass is 9.97. The van der Waals surface area contributed by atoms with Crippen LogP contribution in [0.25, 0.3) is 0 Å². The molecule has 0 bridgehead atoms. The molecule has 144 valence electrons. The maximum absolute atomic E-state index is 12.3. The molecule has 0 unspecified atom stereocenters. The van der Waals surface area contributed by atoms with Crippen molar-refractivity contribution < 1.29 is 14.3 Å². The zero-order valence-electron chi connectivity index (χ0n) is 15.6. The SMILES string of the molecule is CCOC(=O)c1ccc(NC(=O)CN2CCC(Cn3cccn3)CC2)cc1. The maximum Gasteiger partial charge on any atom is 0.338 e. The molecule has 0 aliphatic carbocycles. The molecule has 0 radical (unpaired) electrons. The fourth-order valence-corrected chi connectivity index (χ4v) is 3.31. The molecule has 7 heteroatoms. The van der Waals surface area contributed by atoms with Crippen molar-refractivity contribution in [1.82, 2.24) is 14.7 Å². The van der Waals surface area contributed by atoms with Crippen LogP contribution in [-0.2, 0) is 16.1 Å². The molecule has 1 aromatic heterocycles. The molecule has 1 saturated heterocycles. The van der Waals surface area contributed by atoms with E-state index in [4.69, 9.17) is 4.74 Å². The summed E-state index contributed by atoms with van der Waals surface area (Å²) in [5.41, 5.74) is 1.16. The molecule has 0 atom stereocenters. The van der Waals surface area contributed by atoms with E-state index in [1.54, 1.807) is 37.4 Å². The number of benzene rings is 1. The van der Waals surface area contributed by atoms with Crippen molar-refractivity contribution in [3.63, 3.8) is 0 Å². The fourth-order valence-electron chi connectivity index (χ4n) is 3.31. The minimum Gasteiger partial charge on any atom is -0.462 e. The lowest BCUT2D eigenvalue weighted by Gasteiger charge is -2.31. The van der Waals surface area contributed by atoms with Crippen molar-refractivity contribution >= 4 is 17.6 Å². The van der Waals surface area contributed by atoms with Gasteiger partial charge < -0.3 is 10.1 Å². The number of carbonyl (C=O) groups excluding carboxylic acids is 2. The van der Waals surface area contributed by atoms with Gasteiger partial charge in [-0.15, -0.1) is 0 Å². The Morgan fingerprint density at radius 1 is 1.22 bits per heavy atom. The van der Waals surface area contributed by atoms with Gasteiger partial charge in [0.2, 0.25) is 5.91 Å². The summed E-state index contributed by atoms with van der Waals surface area (Å²) < 4.78 is 6.93. The van der Waals surface area contributed by atoms with Gasteiger partial charge in [0.15, 0.2) is 0 Å². The second-order valence-electron chi connectivity index (χ2n) is 6.79. The molecular weight excluding hydrogens is 344 g/mol. The van der Waals surface area contributed by atoms with Gasteiger partial charge in [0.1, 0.15) is 0 Å². The van der Waals surface area contributed by atoms with Crippen molar-refractivity contribution in [3.05, 3.63) is 48.3 Å². The molecule has 3 rings (SSSR count). The van der Waals surface area contributed by atoms with Crippen LogP contribution in [0.4, 0.5) is 5.69 Å². The number of ether oxygens (including phenoxy) is 1. The molecular formula is C20H26N4O3. The van der Waals surface area contributed by atoms with E-state index in [-0.39, 0.29) is 11.9 Å². The largest absolute Gasteiger partial charge is 0.462 e. The average molecular weight is 370 g/mol. The third-order valence-electron chi connectivity index (χ3n) is 4.76. The Hall–Kier alpha value is -2.67. The number of esters is 1. The zero-order chi connectivity index (χ0) is 19.1. The summed E-state index contributed by atoms with van der Waals surface area (Å²) in [4.78, 5) is 26.1. The summed E-state index contributed by atoms with van der Waals surface area (Å²) in [6.45, 7) is 5.28. The van der Waals surface area contributed by atoms with Crippen molar-refractivity contribution in [2.45, 2.75) is 26.3 Å². The van der Waals surface area contributed by atoms with Gasteiger partial charge in [-0.1, -0.05) is 0 Å². The van der Waals surface area contributed by atoms with Crippen LogP contribution in [0, 0.1) is 5.92 Å². The molecule has 2 aromatic rings. The number of amides is 1. The Balaban J connectivity index is 1.41. The van der Waals surface area contributed by atoms with E-state index in [1.165, 1.54) is 0 Å². The van der Waals surface area contributed by atoms with Gasteiger partial charge in [-0.05, 0) is 69.1 Å². The monoisotopic (exact) mass is 370 g/mol. The quantitative estimate of drug-likeness (QED) is 0.758. The fraction of sp³-hybridized carbons (Fsp3) is 0.450. The second-order valence-corrected chi connectivity index (χ2v) is 6.79. The first-order valence-corrected chi connectivity index (χ1v) is 9.41. The van der Waals surface area contributed by atoms with E-state index >= 15 is 0 Å². The van der Waals surface area contributed by atoms with Gasteiger partial charge in [-0.25, -0.2) is 4.79 Å². The molecule has 0 spiro atoms. The predicted octanol–water partition coefficient (Wildman–Crippen LogP) is 2.41. The Morgan fingerprint density at radius 2 is 1.96 bits per heavy atom. The predicted molar refractivity (Wildman–Crippen MR) is 102 cm³/mol. The smallest absolute Gasteiger partial charge is 0.338 e. The van der Waals surface area contributed by atoms with E-state index in [2.05, 4.69) is 15.3 Å². The number of nitrogens with zero attached hydrogens (tertiary/aromatic N) is 3. The summed E-state index contributed by atoms with van der Waals surface area (Å²) in [5.74, 6) is 0.220. The summed E-state index contributed by atoms with van der Waals surface area (Å²) in [6.07, 6.45) is 5.94. The zero-order valence-corrected chi connectivity index (χ0v) is 15.6. The number of anilines is 1. The normalized spacial score (nSPS) is 15.4. The van der Waals surface area contributed by atoms with E-state index in [0.29, 0.717) is 30.3 Å². The first kappa shape index (κ1) is 19.1. The molecule has 7 nitrogen and oxygen atoms in total. The molecule has 0 saturated carbocycles. The topological polar surface area (TPSA) is 76.5 Å². The van der Waals surface area contributed by atoms with Gasteiger partial charge in [-0.3, -0.25) is 14.4 Å². The number of rotatable bonds is 7. The highest BCUT2D eigenvalue weighted by Crippen LogP contribution is 2.19. The Bertz CT molecular complexity index is 735. The standard InChI is InChI=1S/C20H26N4O3/c1-2-27-20(26)17-4-6-18(7-5-17)22-19(25)15-23-12-8-16(9-13-23)14-24-11-3-10-21-24/h3-7,10-11,16H,2,8-9,12-15H2,1H3,(H,22,25). The van der Waals surface area contributed by atoms with E-state index in [9.17, 15) is 9.59 Å². The van der Waals surface area contributed by atoms with Gasteiger partial charge in [-0.2, -0.15) is 5.10 Å².